The normalized spacial score (nSPS) is 35.9. The van der Waals surface area contributed by atoms with Crippen molar-refractivity contribution in [3.63, 3.8) is 0 Å². The number of carbonyl (C=O) groups is 1. The van der Waals surface area contributed by atoms with Gasteiger partial charge in [0.05, 0.1) is 0 Å². The van der Waals surface area contributed by atoms with Crippen LogP contribution in [0.25, 0.3) is 0 Å². The molecule has 2 fully saturated rings. The Morgan fingerprint density at radius 3 is 1.94 bits per heavy atom. The number of hydrogen-bond donors (Lipinski definition) is 2. The Labute approximate surface area is 111 Å². The third-order valence-electron chi connectivity index (χ3n) is 5.62. The molecule has 0 saturated heterocycles. The summed E-state index contributed by atoms with van der Waals surface area (Å²) in [5.74, 6) is 0.234. The van der Waals surface area contributed by atoms with Crippen LogP contribution in [0.5, 0.6) is 0 Å². The summed E-state index contributed by atoms with van der Waals surface area (Å²) in [6, 6.07) is 0.330. The van der Waals surface area contributed by atoms with Gasteiger partial charge in [-0.05, 0) is 12.8 Å². The molecule has 2 saturated carbocycles. The van der Waals surface area contributed by atoms with Gasteiger partial charge in [0.1, 0.15) is 0 Å². The van der Waals surface area contributed by atoms with Crippen molar-refractivity contribution in [2.24, 2.45) is 22.0 Å². The maximum absolute atomic E-state index is 12.5. The van der Waals surface area contributed by atoms with E-state index in [-0.39, 0.29) is 34.2 Å². The highest BCUT2D eigenvalue weighted by Crippen LogP contribution is 2.53. The Morgan fingerprint density at radius 2 is 1.50 bits per heavy atom. The summed E-state index contributed by atoms with van der Waals surface area (Å²) in [6.07, 6.45) is 4.42. The highest BCUT2D eigenvalue weighted by molar-refractivity contribution is 5.83. The average Bonchev–Trinajstić information content (AvgIpc) is 2.72. The van der Waals surface area contributed by atoms with Gasteiger partial charge in [-0.15, -0.1) is 0 Å². The second kappa shape index (κ2) is 3.96. The molecule has 3 nitrogen and oxygen atoms in total. The fourth-order valence-corrected chi connectivity index (χ4v) is 4.24. The molecule has 0 aromatic rings. The second-order valence-electron chi connectivity index (χ2n) is 7.79. The lowest BCUT2D eigenvalue weighted by Gasteiger charge is -2.63. The monoisotopic (exact) mass is 252 g/mol. The van der Waals surface area contributed by atoms with Crippen LogP contribution in [-0.2, 0) is 4.79 Å². The van der Waals surface area contributed by atoms with Crippen LogP contribution in [0.2, 0.25) is 0 Å². The number of rotatable bonds is 2. The largest absolute Gasteiger partial charge is 0.352 e. The smallest absolute Gasteiger partial charge is 0.226 e. The summed E-state index contributed by atoms with van der Waals surface area (Å²) in [5.41, 5.74) is 6.08. The minimum atomic E-state index is -0.147. The molecule has 0 aromatic carbocycles. The van der Waals surface area contributed by atoms with Crippen LogP contribution < -0.4 is 11.1 Å². The van der Waals surface area contributed by atoms with Crippen LogP contribution in [-0.4, -0.2) is 18.0 Å². The van der Waals surface area contributed by atoms with Crippen molar-refractivity contribution in [1.29, 1.82) is 0 Å². The van der Waals surface area contributed by atoms with E-state index >= 15 is 0 Å². The van der Waals surface area contributed by atoms with Gasteiger partial charge in [0.2, 0.25) is 5.91 Å². The molecule has 3 heteroatoms. The van der Waals surface area contributed by atoms with Gasteiger partial charge in [0, 0.05) is 28.3 Å². The zero-order chi connectivity index (χ0) is 13.8. The predicted octanol–water partition coefficient (Wildman–Crippen LogP) is 2.44. The molecular formula is C15H28N2O. The SMILES string of the molecule is CC1(C(=O)NC2C(C)(C)C(N)C2(C)C)CCCC1. The van der Waals surface area contributed by atoms with Crippen molar-refractivity contribution >= 4 is 5.91 Å². The van der Waals surface area contributed by atoms with E-state index in [1.54, 1.807) is 0 Å². The minimum Gasteiger partial charge on any atom is -0.352 e. The summed E-state index contributed by atoms with van der Waals surface area (Å²) in [5, 5.41) is 3.29. The average molecular weight is 252 g/mol. The molecule has 0 aliphatic heterocycles. The van der Waals surface area contributed by atoms with Crippen LogP contribution in [0.4, 0.5) is 0 Å². The quantitative estimate of drug-likeness (QED) is 0.793. The standard InChI is InChI=1S/C15H28N2O/c1-13(2)10(16)14(3,4)11(13)17-12(18)15(5)8-6-7-9-15/h10-11H,6-9,16H2,1-5H3,(H,17,18). The Hall–Kier alpha value is -0.570. The summed E-state index contributed by atoms with van der Waals surface area (Å²) in [4.78, 5) is 12.5. The number of hydrogen-bond acceptors (Lipinski definition) is 2. The van der Waals surface area contributed by atoms with E-state index in [2.05, 4.69) is 39.9 Å². The highest BCUT2D eigenvalue weighted by atomic mass is 16.2. The minimum absolute atomic E-state index is 0.00583. The van der Waals surface area contributed by atoms with Crippen LogP contribution in [0, 0.1) is 16.2 Å². The highest BCUT2D eigenvalue weighted by Gasteiger charge is 2.61. The van der Waals surface area contributed by atoms with Crippen LogP contribution in [0.15, 0.2) is 0 Å². The van der Waals surface area contributed by atoms with Crippen molar-refractivity contribution in [3.8, 4) is 0 Å². The molecule has 3 N–H and O–H groups in total. The van der Waals surface area contributed by atoms with Gasteiger partial charge in [0.25, 0.3) is 0 Å². The lowest BCUT2D eigenvalue weighted by molar-refractivity contribution is -0.140. The first kappa shape index (κ1) is 13.9. The molecule has 0 spiro atoms. The zero-order valence-corrected chi connectivity index (χ0v) is 12.5. The number of nitrogens with one attached hydrogen (secondary N) is 1. The summed E-state index contributed by atoms with van der Waals surface area (Å²) in [7, 11) is 0. The van der Waals surface area contributed by atoms with Gasteiger partial charge in [-0.25, -0.2) is 0 Å². The van der Waals surface area contributed by atoms with Crippen LogP contribution in [0.3, 0.4) is 0 Å². The first-order chi connectivity index (χ1) is 8.12. The first-order valence-electron chi connectivity index (χ1n) is 7.19. The third kappa shape index (κ3) is 1.78. The molecule has 0 unspecified atom stereocenters. The maximum Gasteiger partial charge on any atom is 0.226 e. The van der Waals surface area contributed by atoms with E-state index in [9.17, 15) is 4.79 Å². The van der Waals surface area contributed by atoms with Crippen LogP contribution in [0.1, 0.15) is 60.3 Å². The van der Waals surface area contributed by atoms with Gasteiger partial charge in [-0.2, -0.15) is 0 Å². The lowest BCUT2D eigenvalue weighted by atomic mass is 9.48. The van der Waals surface area contributed by atoms with Gasteiger partial charge >= 0.3 is 0 Å². The summed E-state index contributed by atoms with van der Waals surface area (Å²) >= 11 is 0. The Morgan fingerprint density at radius 1 is 1.06 bits per heavy atom. The van der Waals surface area contributed by atoms with E-state index in [0.717, 1.165) is 12.8 Å². The van der Waals surface area contributed by atoms with Gasteiger partial charge in [0.15, 0.2) is 0 Å². The second-order valence-corrected chi connectivity index (χ2v) is 7.79. The van der Waals surface area contributed by atoms with Crippen molar-refractivity contribution in [2.45, 2.75) is 72.4 Å². The molecule has 2 aliphatic carbocycles. The number of carbonyl (C=O) groups excluding carboxylic acids is 1. The van der Waals surface area contributed by atoms with E-state index in [0.29, 0.717) is 0 Å². The van der Waals surface area contributed by atoms with Crippen molar-refractivity contribution in [1.82, 2.24) is 5.32 Å². The maximum atomic E-state index is 12.5. The Kier molecular flexibility index (Phi) is 3.05. The van der Waals surface area contributed by atoms with Gasteiger partial charge in [-0.3, -0.25) is 4.79 Å². The summed E-state index contributed by atoms with van der Waals surface area (Å²) in [6.45, 7) is 10.7. The lowest BCUT2D eigenvalue weighted by Crippen LogP contribution is -2.76. The zero-order valence-electron chi connectivity index (χ0n) is 12.5. The van der Waals surface area contributed by atoms with Crippen LogP contribution >= 0.6 is 0 Å². The van der Waals surface area contributed by atoms with Crippen molar-refractivity contribution < 1.29 is 4.79 Å². The molecule has 0 bridgehead atoms. The third-order valence-corrected chi connectivity index (χ3v) is 5.62. The van der Waals surface area contributed by atoms with Gasteiger partial charge in [-0.1, -0.05) is 47.5 Å². The summed E-state index contributed by atoms with van der Waals surface area (Å²) < 4.78 is 0. The molecule has 0 atom stereocenters. The van der Waals surface area contributed by atoms with Crippen molar-refractivity contribution in [3.05, 3.63) is 0 Å². The molecule has 0 radical (unpaired) electrons. The predicted molar refractivity (Wildman–Crippen MR) is 74.0 cm³/mol. The molecule has 1 amide bonds. The number of amides is 1. The Bertz CT molecular complexity index is 338. The number of nitrogens with two attached hydrogens (primary N) is 1. The van der Waals surface area contributed by atoms with E-state index in [4.69, 9.17) is 5.73 Å². The van der Waals surface area contributed by atoms with E-state index < -0.39 is 0 Å². The first-order valence-corrected chi connectivity index (χ1v) is 7.19. The molecule has 0 aromatic heterocycles. The Balaban J connectivity index is 2.08. The molecule has 104 valence electrons. The van der Waals surface area contributed by atoms with E-state index in [1.165, 1.54) is 12.8 Å². The van der Waals surface area contributed by atoms with Crippen molar-refractivity contribution in [2.75, 3.05) is 0 Å². The molecule has 18 heavy (non-hydrogen) atoms. The molecule has 2 aliphatic rings. The van der Waals surface area contributed by atoms with E-state index in [1.807, 2.05) is 0 Å². The molecule has 2 rings (SSSR count). The molecule has 0 heterocycles. The van der Waals surface area contributed by atoms with Gasteiger partial charge < -0.3 is 11.1 Å². The fraction of sp³-hybridized carbons (Fsp3) is 0.933. The topological polar surface area (TPSA) is 55.1 Å². The molecular weight excluding hydrogens is 224 g/mol. The fourth-order valence-electron chi connectivity index (χ4n) is 4.24.